The third-order valence-corrected chi connectivity index (χ3v) is 2.15. The van der Waals surface area contributed by atoms with Crippen molar-refractivity contribution < 1.29 is 0 Å². The smallest absolute Gasteiger partial charge is 0.273 e. The fraction of sp³-hybridized carbons (Fsp3) is 0.400. The van der Waals surface area contributed by atoms with E-state index in [1.807, 2.05) is 6.92 Å². The van der Waals surface area contributed by atoms with E-state index in [0.717, 1.165) is 0 Å². The van der Waals surface area contributed by atoms with E-state index in [4.69, 9.17) is 11.0 Å². The van der Waals surface area contributed by atoms with Crippen LogP contribution in [-0.2, 0) is 0 Å². The zero-order valence-corrected chi connectivity index (χ0v) is 8.10. The summed E-state index contributed by atoms with van der Waals surface area (Å²) in [4.78, 5) is 11.5. The first-order valence-corrected chi connectivity index (χ1v) is 4.50. The Morgan fingerprint density at radius 1 is 1.71 bits per heavy atom. The molecule has 0 saturated heterocycles. The Kier molecular flexibility index (Phi) is 3.29. The second-order valence-corrected chi connectivity index (χ2v) is 3.22. The number of aromatic nitrogens is 1. The lowest BCUT2D eigenvalue weighted by atomic mass is 10.2. The number of pyridine rings is 1. The van der Waals surface area contributed by atoms with Crippen LogP contribution in [-0.4, -0.2) is 4.57 Å². The van der Waals surface area contributed by atoms with Crippen molar-refractivity contribution in [2.45, 2.75) is 25.8 Å². The number of nitrogens with zero attached hydrogens (tertiary/aromatic N) is 2. The van der Waals surface area contributed by atoms with Crippen LogP contribution in [0.15, 0.2) is 23.1 Å². The highest BCUT2D eigenvalue weighted by Crippen LogP contribution is 2.10. The number of anilines is 1. The number of nitriles is 1. The van der Waals surface area contributed by atoms with E-state index in [1.165, 1.54) is 0 Å². The van der Waals surface area contributed by atoms with Crippen LogP contribution in [0.1, 0.15) is 25.8 Å². The molecule has 0 radical (unpaired) electrons. The number of nitrogen functional groups attached to an aromatic ring is 1. The van der Waals surface area contributed by atoms with Crippen molar-refractivity contribution in [1.82, 2.24) is 4.57 Å². The lowest BCUT2D eigenvalue weighted by molar-refractivity contribution is 0.499. The van der Waals surface area contributed by atoms with Gasteiger partial charge in [0, 0.05) is 18.7 Å². The molecule has 0 fully saturated rings. The fourth-order valence-corrected chi connectivity index (χ4v) is 1.29. The predicted octanol–water partition coefficient (Wildman–Crippen LogP) is 1.30. The molecule has 0 bridgehead atoms. The fourth-order valence-electron chi connectivity index (χ4n) is 1.29. The van der Waals surface area contributed by atoms with E-state index < -0.39 is 0 Å². The van der Waals surface area contributed by atoms with Gasteiger partial charge in [-0.05, 0) is 25.5 Å². The van der Waals surface area contributed by atoms with Gasteiger partial charge < -0.3 is 10.3 Å². The highest BCUT2D eigenvalue weighted by atomic mass is 16.1. The molecule has 1 aromatic rings. The minimum Gasteiger partial charge on any atom is -0.394 e. The molecule has 0 aliphatic heterocycles. The summed E-state index contributed by atoms with van der Waals surface area (Å²) in [5.74, 6) is 0. The van der Waals surface area contributed by atoms with Gasteiger partial charge in [0.25, 0.3) is 5.56 Å². The van der Waals surface area contributed by atoms with Gasteiger partial charge >= 0.3 is 0 Å². The minimum absolute atomic E-state index is 0.0191. The topological polar surface area (TPSA) is 71.8 Å². The Balaban J connectivity index is 2.91. The molecule has 1 aromatic heterocycles. The van der Waals surface area contributed by atoms with Gasteiger partial charge in [-0.1, -0.05) is 0 Å². The van der Waals surface area contributed by atoms with Gasteiger partial charge in [0.15, 0.2) is 0 Å². The molecule has 14 heavy (non-hydrogen) atoms. The van der Waals surface area contributed by atoms with Crippen molar-refractivity contribution in [3.05, 3.63) is 28.7 Å². The molecule has 0 saturated carbocycles. The maximum absolute atomic E-state index is 11.5. The molecular formula is C10H13N3O. The van der Waals surface area contributed by atoms with E-state index in [0.29, 0.717) is 12.8 Å². The van der Waals surface area contributed by atoms with Crippen molar-refractivity contribution in [2.75, 3.05) is 5.73 Å². The quantitative estimate of drug-likeness (QED) is 0.782. The van der Waals surface area contributed by atoms with Gasteiger partial charge in [-0.15, -0.1) is 0 Å². The van der Waals surface area contributed by atoms with Crippen LogP contribution in [0.2, 0.25) is 0 Å². The van der Waals surface area contributed by atoms with E-state index in [2.05, 4.69) is 6.07 Å². The van der Waals surface area contributed by atoms with Crippen LogP contribution >= 0.6 is 0 Å². The number of hydrogen-bond acceptors (Lipinski definition) is 3. The summed E-state index contributed by atoms with van der Waals surface area (Å²) in [6, 6.07) is 5.39. The Morgan fingerprint density at radius 3 is 3.07 bits per heavy atom. The van der Waals surface area contributed by atoms with Crippen molar-refractivity contribution in [3.63, 3.8) is 0 Å². The van der Waals surface area contributed by atoms with Crippen molar-refractivity contribution in [3.8, 4) is 6.07 Å². The molecule has 1 rings (SSSR count). The van der Waals surface area contributed by atoms with Gasteiger partial charge in [0.05, 0.1) is 11.8 Å². The maximum Gasteiger partial charge on any atom is 0.273 e. The van der Waals surface area contributed by atoms with Gasteiger partial charge in [0.2, 0.25) is 0 Å². The largest absolute Gasteiger partial charge is 0.394 e. The predicted molar refractivity (Wildman–Crippen MR) is 54.7 cm³/mol. The molecule has 1 atom stereocenters. The molecule has 0 aromatic carbocycles. The van der Waals surface area contributed by atoms with Gasteiger partial charge in [-0.3, -0.25) is 4.79 Å². The molecule has 0 aliphatic carbocycles. The second-order valence-electron chi connectivity index (χ2n) is 3.22. The monoisotopic (exact) mass is 191 g/mol. The Labute approximate surface area is 82.6 Å². The first kappa shape index (κ1) is 10.3. The summed E-state index contributed by atoms with van der Waals surface area (Å²) < 4.78 is 1.56. The highest BCUT2D eigenvalue weighted by molar-refractivity contribution is 5.33. The number of nitrogens with two attached hydrogens (primary N) is 1. The lowest BCUT2D eigenvalue weighted by Crippen LogP contribution is -2.24. The van der Waals surface area contributed by atoms with E-state index in [-0.39, 0.29) is 17.3 Å². The molecule has 1 unspecified atom stereocenters. The first-order chi connectivity index (χ1) is 6.66. The van der Waals surface area contributed by atoms with Gasteiger partial charge in [-0.2, -0.15) is 5.26 Å². The molecule has 0 amide bonds. The zero-order chi connectivity index (χ0) is 10.6. The van der Waals surface area contributed by atoms with Crippen LogP contribution in [0.25, 0.3) is 0 Å². The zero-order valence-electron chi connectivity index (χ0n) is 8.10. The lowest BCUT2D eigenvalue weighted by Gasteiger charge is -2.13. The van der Waals surface area contributed by atoms with Gasteiger partial charge in [0.1, 0.15) is 0 Å². The second kappa shape index (κ2) is 4.47. The number of rotatable bonds is 3. The van der Waals surface area contributed by atoms with E-state index in [9.17, 15) is 4.79 Å². The Bertz CT molecular complexity index is 403. The summed E-state index contributed by atoms with van der Waals surface area (Å²) in [5, 5.41) is 8.42. The normalized spacial score (nSPS) is 12.0. The molecule has 0 spiro atoms. The van der Waals surface area contributed by atoms with Crippen LogP contribution in [0.3, 0.4) is 0 Å². The van der Waals surface area contributed by atoms with Crippen LogP contribution in [0, 0.1) is 11.3 Å². The number of hydrogen-bond donors (Lipinski definition) is 1. The SMILES string of the molecule is CC(CCC#N)n1cccc(N)c1=O. The van der Waals surface area contributed by atoms with Crippen LogP contribution < -0.4 is 11.3 Å². The van der Waals surface area contributed by atoms with Crippen LogP contribution in [0.5, 0.6) is 0 Å². The van der Waals surface area contributed by atoms with Gasteiger partial charge in [-0.25, -0.2) is 0 Å². The molecular weight excluding hydrogens is 178 g/mol. The third kappa shape index (κ3) is 2.13. The highest BCUT2D eigenvalue weighted by Gasteiger charge is 2.06. The average Bonchev–Trinajstić information content (AvgIpc) is 2.18. The first-order valence-electron chi connectivity index (χ1n) is 4.50. The molecule has 1 heterocycles. The van der Waals surface area contributed by atoms with Crippen molar-refractivity contribution in [1.29, 1.82) is 5.26 Å². The Hall–Kier alpha value is -1.76. The van der Waals surface area contributed by atoms with Crippen molar-refractivity contribution in [2.24, 2.45) is 0 Å². The maximum atomic E-state index is 11.5. The third-order valence-electron chi connectivity index (χ3n) is 2.15. The van der Waals surface area contributed by atoms with E-state index in [1.54, 1.807) is 22.9 Å². The summed E-state index contributed by atoms with van der Waals surface area (Å²) in [6.07, 6.45) is 2.81. The summed E-state index contributed by atoms with van der Waals surface area (Å²) in [5.41, 5.74) is 5.55. The summed E-state index contributed by atoms with van der Waals surface area (Å²) in [6.45, 7) is 1.90. The summed E-state index contributed by atoms with van der Waals surface area (Å²) in [7, 11) is 0. The molecule has 2 N–H and O–H groups in total. The van der Waals surface area contributed by atoms with Crippen LogP contribution in [0.4, 0.5) is 5.69 Å². The molecule has 4 nitrogen and oxygen atoms in total. The summed E-state index contributed by atoms with van der Waals surface area (Å²) >= 11 is 0. The molecule has 74 valence electrons. The van der Waals surface area contributed by atoms with Crippen molar-refractivity contribution >= 4 is 5.69 Å². The van der Waals surface area contributed by atoms with E-state index >= 15 is 0 Å². The molecule has 4 heteroatoms. The minimum atomic E-state index is -0.182. The molecule has 0 aliphatic rings. The average molecular weight is 191 g/mol. The standard InChI is InChI=1S/C10H13N3O/c1-8(4-2-6-11)13-7-3-5-9(12)10(13)14/h3,5,7-8H,2,4,12H2,1H3. The Morgan fingerprint density at radius 2 is 2.43 bits per heavy atom.